The number of rotatable bonds is 3. The number of likely N-dealkylation sites (tertiary alicyclic amines) is 1. The summed E-state index contributed by atoms with van der Waals surface area (Å²) in [6, 6.07) is -0.434. The minimum Gasteiger partial charge on any atom is -0.480 e. The number of carbonyl (C=O) groups is 1. The molecule has 0 saturated carbocycles. The molecule has 1 fully saturated rings. The number of carboxylic acids is 1. The molecular formula is C10H19NO3. The van der Waals surface area contributed by atoms with Crippen molar-refractivity contribution in [1.29, 1.82) is 0 Å². The van der Waals surface area contributed by atoms with E-state index in [9.17, 15) is 9.90 Å². The summed E-state index contributed by atoms with van der Waals surface area (Å²) in [4.78, 5) is 12.7. The molecule has 82 valence electrons. The van der Waals surface area contributed by atoms with E-state index >= 15 is 0 Å². The highest BCUT2D eigenvalue weighted by atomic mass is 16.4. The Kier molecular flexibility index (Phi) is 3.89. The van der Waals surface area contributed by atoms with Gasteiger partial charge in [-0.2, -0.15) is 0 Å². The third kappa shape index (κ3) is 2.69. The fraction of sp³-hybridized carbons (Fsp3) is 0.900. The third-order valence-corrected chi connectivity index (χ3v) is 3.08. The van der Waals surface area contributed by atoms with Crippen LogP contribution in [0.5, 0.6) is 0 Å². The standard InChI is InChI=1S/C10H19NO3/c1-7(10(13)14)11-5-3-4-9(6-11)8(2)12/h7-9,12H,3-6H2,1-2H3,(H,13,14). The Balaban J connectivity index is 2.51. The summed E-state index contributed by atoms with van der Waals surface area (Å²) in [5, 5.41) is 18.3. The largest absolute Gasteiger partial charge is 0.480 e. The fourth-order valence-corrected chi connectivity index (χ4v) is 1.94. The summed E-state index contributed by atoms with van der Waals surface area (Å²) in [6.45, 7) is 5.01. The number of piperidine rings is 1. The van der Waals surface area contributed by atoms with Gasteiger partial charge in [-0.1, -0.05) is 0 Å². The molecule has 0 spiro atoms. The fourth-order valence-electron chi connectivity index (χ4n) is 1.94. The van der Waals surface area contributed by atoms with Crippen molar-refractivity contribution in [2.75, 3.05) is 13.1 Å². The van der Waals surface area contributed by atoms with E-state index < -0.39 is 12.0 Å². The smallest absolute Gasteiger partial charge is 0.320 e. The predicted molar refractivity (Wildman–Crippen MR) is 53.1 cm³/mol. The number of aliphatic carboxylic acids is 1. The number of carboxylic acid groups (broad SMARTS) is 1. The molecule has 1 aliphatic rings. The van der Waals surface area contributed by atoms with Crippen molar-refractivity contribution in [2.24, 2.45) is 5.92 Å². The van der Waals surface area contributed by atoms with Crippen LogP contribution in [0.1, 0.15) is 26.7 Å². The highest BCUT2D eigenvalue weighted by molar-refractivity contribution is 5.72. The molecule has 1 heterocycles. The maximum atomic E-state index is 10.8. The second kappa shape index (κ2) is 4.75. The summed E-state index contributed by atoms with van der Waals surface area (Å²) in [5.74, 6) is -0.554. The second-order valence-electron chi connectivity index (χ2n) is 4.15. The van der Waals surface area contributed by atoms with Gasteiger partial charge in [0.1, 0.15) is 6.04 Å². The van der Waals surface area contributed by atoms with Gasteiger partial charge in [-0.15, -0.1) is 0 Å². The molecule has 0 amide bonds. The molecule has 4 heteroatoms. The molecule has 1 aliphatic heterocycles. The number of hydrogen-bond donors (Lipinski definition) is 2. The van der Waals surface area contributed by atoms with E-state index in [0.717, 1.165) is 19.4 Å². The maximum absolute atomic E-state index is 10.8. The number of aliphatic hydroxyl groups is 1. The average Bonchev–Trinajstić information content (AvgIpc) is 2.16. The predicted octanol–water partition coefficient (Wildman–Crippen LogP) is 0.552. The third-order valence-electron chi connectivity index (χ3n) is 3.08. The minimum atomic E-state index is -0.781. The molecular weight excluding hydrogens is 182 g/mol. The maximum Gasteiger partial charge on any atom is 0.320 e. The lowest BCUT2D eigenvalue weighted by molar-refractivity contribution is -0.143. The highest BCUT2D eigenvalue weighted by Crippen LogP contribution is 2.21. The summed E-state index contributed by atoms with van der Waals surface area (Å²) in [7, 11) is 0. The van der Waals surface area contributed by atoms with Gasteiger partial charge in [0.15, 0.2) is 0 Å². The van der Waals surface area contributed by atoms with E-state index in [2.05, 4.69) is 0 Å². The zero-order chi connectivity index (χ0) is 10.7. The van der Waals surface area contributed by atoms with Crippen LogP contribution in [0.2, 0.25) is 0 Å². The van der Waals surface area contributed by atoms with Crippen molar-refractivity contribution in [3.63, 3.8) is 0 Å². The van der Waals surface area contributed by atoms with Crippen molar-refractivity contribution < 1.29 is 15.0 Å². The first kappa shape index (κ1) is 11.5. The molecule has 0 aromatic carbocycles. The molecule has 3 unspecified atom stereocenters. The van der Waals surface area contributed by atoms with Crippen LogP contribution in [-0.2, 0) is 4.79 Å². The molecule has 0 aromatic heterocycles. The number of aliphatic hydroxyl groups excluding tert-OH is 1. The van der Waals surface area contributed by atoms with Gasteiger partial charge in [-0.3, -0.25) is 9.69 Å². The molecule has 0 aromatic rings. The van der Waals surface area contributed by atoms with Crippen molar-refractivity contribution in [2.45, 2.75) is 38.8 Å². The Morgan fingerprint density at radius 2 is 2.14 bits per heavy atom. The lowest BCUT2D eigenvalue weighted by Gasteiger charge is -2.36. The molecule has 4 nitrogen and oxygen atoms in total. The van der Waals surface area contributed by atoms with Crippen molar-refractivity contribution in [3.05, 3.63) is 0 Å². The first-order chi connectivity index (χ1) is 6.52. The normalized spacial score (nSPS) is 28.4. The Hall–Kier alpha value is -0.610. The van der Waals surface area contributed by atoms with Crippen LogP contribution >= 0.6 is 0 Å². The van der Waals surface area contributed by atoms with Crippen molar-refractivity contribution in [1.82, 2.24) is 4.90 Å². The monoisotopic (exact) mass is 201 g/mol. The number of hydrogen-bond acceptors (Lipinski definition) is 3. The zero-order valence-electron chi connectivity index (χ0n) is 8.81. The van der Waals surface area contributed by atoms with Gasteiger partial charge in [-0.05, 0) is 39.2 Å². The van der Waals surface area contributed by atoms with Crippen molar-refractivity contribution in [3.8, 4) is 0 Å². The zero-order valence-corrected chi connectivity index (χ0v) is 8.81. The van der Waals surface area contributed by atoms with Gasteiger partial charge in [0.05, 0.1) is 6.10 Å². The van der Waals surface area contributed by atoms with Gasteiger partial charge in [0.25, 0.3) is 0 Å². The quantitative estimate of drug-likeness (QED) is 0.700. The second-order valence-corrected chi connectivity index (χ2v) is 4.15. The molecule has 0 radical (unpaired) electrons. The first-order valence-electron chi connectivity index (χ1n) is 5.17. The Bertz CT molecular complexity index is 206. The van der Waals surface area contributed by atoms with Crippen LogP contribution in [0.4, 0.5) is 0 Å². The topological polar surface area (TPSA) is 60.8 Å². The molecule has 14 heavy (non-hydrogen) atoms. The summed E-state index contributed by atoms with van der Waals surface area (Å²) in [5.41, 5.74) is 0. The number of nitrogens with zero attached hydrogens (tertiary/aromatic N) is 1. The summed E-state index contributed by atoms with van der Waals surface area (Å²) in [6.07, 6.45) is 1.65. The Labute approximate surface area is 84.5 Å². The van der Waals surface area contributed by atoms with E-state index in [1.54, 1.807) is 13.8 Å². The van der Waals surface area contributed by atoms with Gasteiger partial charge in [0.2, 0.25) is 0 Å². The molecule has 0 bridgehead atoms. The van der Waals surface area contributed by atoms with E-state index in [1.807, 2.05) is 4.90 Å². The molecule has 2 N–H and O–H groups in total. The summed E-state index contributed by atoms with van der Waals surface area (Å²) < 4.78 is 0. The average molecular weight is 201 g/mol. The highest BCUT2D eigenvalue weighted by Gasteiger charge is 2.28. The van der Waals surface area contributed by atoms with Crippen LogP contribution < -0.4 is 0 Å². The van der Waals surface area contributed by atoms with E-state index in [1.165, 1.54) is 0 Å². The van der Waals surface area contributed by atoms with Gasteiger partial charge in [-0.25, -0.2) is 0 Å². The van der Waals surface area contributed by atoms with E-state index in [4.69, 9.17) is 5.11 Å². The van der Waals surface area contributed by atoms with E-state index in [0.29, 0.717) is 6.54 Å². The minimum absolute atomic E-state index is 0.227. The van der Waals surface area contributed by atoms with E-state index in [-0.39, 0.29) is 12.0 Å². The first-order valence-corrected chi connectivity index (χ1v) is 5.17. The molecule has 0 aliphatic carbocycles. The lowest BCUT2D eigenvalue weighted by Crippen LogP contribution is -2.47. The molecule has 1 rings (SSSR count). The van der Waals surface area contributed by atoms with Crippen LogP contribution in [-0.4, -0.2) is 46.3 Å². The Morgan fingerprint density at radius 3 is 2.64 bits per heavy atom. The van der Waals surface area contributed by atoms with Gasteiger partial charge >= 0.3 is 5.97 Å². The van der Waals surface area contributed by atoms with Gasteiger partial charge in [0, 0.05) is 6.54 Å². The lowest BCUT2D eigenvalue weighted by atomic mass is 9.92. The van der Waals surface area contributed by atoms with Crippen LogP contribution in [0.3, 0.4) is 0 Å². The van der Waals surface area contributed by atoms with Crippen molar-refractivity contribution >= 4 is 5.97 Å². The SMILES string of the molecule is CC(O)C1CCCN(C(C)C(=O)O)C1. The molecule has 1 saturated heterocycles. The van der Waals surface area contributed by atoms with Crippen LogP contribution in [0.25, 0.3) is 0 Å². The van der Waals surface area contributed by atoms with Crippen LogP contribution in [0, 0.1) is 5.92 Å². The molecule has 3 atom stereocenters. The van der Waals surface area contributed by atoms with Gasteiger partial charge < -0.3 is 10.2 Å². The van der Waals surface area contributed by atoms with Crippen LogP contribution in [0.15, 0.2) is 0 Å². The summed E-state index contributed by atoms with van der Waals surface area (Å²) >= 11 is 0. The Morgan fingerprint density at radius 1 is 1.50 bits per heavy atom.